The summed E-state index contributed by atoms with van der Waals surface area (Å²) in [6.07, 6.45) is 3.65. The smallest absolute Gasteiger partial charge is 0.161 e. The molecule has 0 aliphatic carbocycles. The lowest BCUT2D eigenvalue weighted by molar-refractivity contribution is 0.187. The number of ether oxygens (including phenoxy) is 2. The summed E-state index contributed by atoms with van der Waals surface area (Å²) in [5.74, 6) is 1.46. The summed E-state index contributed by atoms with van der Waals surface area (Å²) in [6.45, 7) is 5.51. The van der Waals surface area contributed by atoms with Crippen LogP contribution in [0, 0.1) is 0 Å². The van der Waals surface area contributed by atoms with Crippen molar-refractivity contribution in [3.8, 4) is 11.5 Å². The van der Waals surface area contributed by atoms with Gasteiger partial charge in [-0.05, 0) is 31.5 Å². The van der Waals surface area contributed by atoms with E-state index in [-0.39, 0.29) is 6.10 Å². The van der Waals surface area contributed by atoms with Gasteiger partial charge in [-0.15, -0.1) is 0 Å². The second-order valence-corrected chi connectivity index (χ2v) is 4.31. The molecule has 0 fully saturated rings. The number of rotatable bonds is 8. The molecule has 0 aromatic heterocycles. The first-order chi connectivity index (χ1) is 9.17. The van der Waals surface area contributed by atoms with Crippen LogP contribution in [0.25, 0.3) is 6.08 Å². The van der Waals surface area contributed by atoms with Gasteiger partial charge < -0.3 is 19.9 Å². The van der Waals surface area contributed by atoms with Crippen molar-refractivity contribution in [3.05, 3.63) is 29.8 Å². The van der Waals surface area contributed by atoms with Crippen LogP contribution in [0.1, 0.15) is 19.4 Å². The fourth-order valence-corrected chi connectivity index (χ4v) is 1.64. The maximum atomic E-state index is 9.10. The minimum absolute atomic E-state index is 0.338. The molecule has 4 heteroatoms. The zero-order chi connectivity index (χ0) is 14.1. The molecule has 0 radical (unpaired) electrons. The van der Waals surface area contributed by atoms with E-state index in [0.717, 1.165) is 17.1 Å². The molecule has 0 heterocycles. The Morgan fingerprint density at radius 3 is 2.79 bits per heavy atom. The summed E-state index contributed by atoms with van der Waals surface area (Å²) in [5.41, 5.74) is 1.08. The van der Waals surface area contributed by atoms with Crippen molar-refractivity contribution in [2.75, 3.05) is 26.8 Å². The van der Waals surface area contributed by atoms with Crippen molar-refractivity contribution in [1.82, 2.24) is 5.32 Å². The third kappa shape index (κ3) is 5.77. The first-order valence-corrected chi connectivity index (χ1v) is 6.49. The van der Waals surface area contributed by atoms with E-state index in [1.165, 1.54) is 0 Å². The van der Waals surface area contributed by atoms with Crippen molar-refractivity contribution in [1.29, 1.82) is 0 Å². The molecule has 0 amide bonds. The minimum atomic E-state index is -0.338. The van der Waals surface area contributed by atoms with Crippen molar-refractivity contribution in [2.45, 2.75) is 20.0 Å². The van der Waals surface area contributed by atoms with Crippen LogP contribution in [0.4, 0.5) is 0 Å². The normalized spacial score (nSPS) is 12.6. The number of nitrogens with one attached hydrogen (secondary N) is 1. The largest absolute Gasteiger partial charge is 0.493 e. The topological polar surface area (TPSA) is 50.7 Å². The van der Waals surface area contributed by atoms with Crippen molar-refractivity contribution >= 4 is 6.08 Å². The molecule has 0 bridgehead atoms. The molecular formula is C15H23NO3. The average molecular weight is 265 g/mol. The lowest BCUT2D eigenvalue weighted by Crippen LogP contribution is -2.28. The van der Waals surface area contributed by atoms with Crippen LogP contribution >= 0.6 is 0 Å². The van der Waals surface area contributed by atoms with Gasteiger partial charge in [-0.25, -0.2) is 0 Å². The van der Waals surface area contributed by atoms with Crippen LogP contribution in [0.3, 0.4) is 0 Å². The summed E-state index contributed by atoms with van der Waals surface area (Å²) >= 11 is 0. The van der Waals surface area contributed by atoms with Crippen LogP contribution in [0.15, 0.2) is 24.3 Å². The van der Waals surface area contributed by atoms with E-state index >= 15 is 0 Å². The van der Waals surface area contributed by atoms with E-state index in [9.17, 15) is 0 Å². The number of benzene rings is 1. The fourth-order valence-electron chi connectivity index (χ4n) is 1.64. The minimum Gasteiger partial charge on any atom is -0.493 e. The molecule has 1 unspecified atom stereocenters. The van der Waals surface area contributed by atoms with Gasteiger partial charge in [-0.3, -0.25) is 0 Å². The molecule has 1 aromatic rings. The van der Waals surface area contributed by atoms with Crippen LogP contribution < -0.4 is 14.8 Å². The molecule has 1 aromatic carbocycles. The van der Waals surface area contributed by atoms with Crippen molar-refractivity contribution < 1.29 is 14.6 Å². The van der Waals surface area contributed by atoms with E-state index in [1.54, 1.807) is 14.0 Å². The standard InChI is InChI=1S/C15H23NO3/c1-4-5-13-6-7-14(15(10-13)18-3)19-9-8-16-11-12(2)17/h4-7,10,12,16-17H,8-9,11H2,1-3H3/b5-4+. The maximum absolute atomic E-state index is 9.10. The van der Waals surface area contributed by atoms with Gasteiger partial charge in [0.2, 0.25) is 0 Å². The van der Waals surface area contributed by atoms with Crippen LogP contribution in [0.5, 0.6) is 11.5 Å². The number of hydrogen-bond donors (Lipinski definition) is 2. The quantitative estimate of drug-likeness (QED) is 0.707. The second kappa shape index (κ2) is 8.56. The highest BCUT2D eigenvalue weighted by Gasteiger charge is 2.04. The highest BCUT2D eigenvalue weighted by Crippen LogP contribution is 2.28. The Labute approximate surface area is 115 Å². The van der Waals surface area contributed by atoms with Gasteiger partial charge in [0.05, 0.1) is 13.2 Å². The van der Waals surface area contributed by atoms with Crippen molar-refractivity contribution in [3.63, 3.8) is 0 Å². The van der Waals surface area contributed by atoms with Gasteiger partial charge in [0.25, 0.3) is 0 Å². The number of methoxy groups -OCH3 is 1. The Bertz CT molecular complexity index is 402. The van der Waals surface area contributed by atoms with Crippen LogP contribution in [0.2, 0.25) is 0 Å². The molecule has 19 heavy (non-hydrogen) atoms. The molecule has 0 saturated carbocycles. The fraction of sp³-hybridized carbons (Fsp3) is 0.467. The highest BCUT2D eigenvalue weighted by atomic mass is 16.5. The number of allylic oxidation sites excluding steroid dienone is 1. The lowest BCUT2D eigenvalue weighted by atomic mass is 10.2. The van der Waals surface area contributed by atoms with Gasteiger partial charge in [0.15, 0.2) is 11.5 Å². The molecule has 2 N–H and O–H groups in total. The highest BCUT2D eigenvalue weighted by molar-refractivity contribution is 5.55. The van der Waals surface area contributed by atoms with Gasteiger partial charge >= 0.3 is 0 Å². The van der Waals surface area contributed by atoms with E-state index in [1.807, 2.05) is 37.3 Å². The zero-order valence-corrected chi connectivity index (χ0v) is 11.8. The molecule has 1 rings (SSSR count). The molecule has 0 spiro atoms. The Morgan fingerprint density at radius 1 is 1.37 bits per heavy atom. The van der Waals surface area contributed by atoms with E-state index in [2.05, 4.69) is 5.32 Å². The van der Waals surface area contributed by atoms with E-state index in [0.29, 0.717) is 19.7 Å². The van der Waals surface area contributed by atoms with Crippen molar-refractivity contribution in [2.24, 2.45) is 0 Å². The number of aliphatic hydroxyl groups is 1. The van der Waals surface area contributed by atoms with E-state index in [4.69, 9.17) is 14.6 Å². The summed E-state index contributed by atoms with van der Waals surface area (Å²) in [7, 11) is 1.63. The Hall–Kier alpha value is -1.52. The first-order valence-electron chi connectivity index (χ1n) is 6.49. The predicted octanol–water partition coefficient (Wildman–Crippen LogP) is 2.08. The maximum Gasteiger partial charge on any atom is 0.161 e. The van der Waals surface area contributed by atoms with Gasteiger partial charge in [0.1, 0.15) is 6.61 Å². The Kier molecular flexibility index (Phi) is 7.00. The summed E-state index contributed by atoms with van der Waals surface area (Å²) in [5, 5.41) is 12.2. The Balaban J connectivity index is 2.49. The average Bonchev–Trinajstić information content (AvgIpc) is 2.39. The molecule has 1 atom stereocenters. The first kappa shape index (κ1) is 15.5. The zero-order valence-electron chi connectivity index (χ0n) is 11.8. The molecule has 4 nitrogen and oxygen atoms in total. The van der Waals surface area contributed by atoms with Gasteiger partial charge in [-0.1, -0.05) is 18.2 Å². The van der Waals surface area contributed by atoms with E-state index < -0.39 is 0 Å². The van der Waals surface area contributed by atoms with Crippen LogP contribution in [-0.4, -0.2) is 38.0 Å². The molecular weight excluding hydrogens is 242 g/mol. The summed E-state index contributed by atoms with van der Waals surface area (Å²) in [6, 6.07) is 5.84. The monoisotopic (exact) mass is 265 g/mol. The predicted molar refractivity (Wildman–Crippen MR) is 77.7 cm³/mol. The number of hydrogen-bond acceptors (Lipinski definition) is 4. The molecule has 0 aliphatic heterocycles. The van der Waals surface area contributed by atoms with Crippen LogP contribution in [-0.2, 0) is 0 Å². The lowest BCUT2D eigenvalue weighted by Gasteiger charge is -2.12. The molecule has 0 aliphatic rings. The third-order valence-corrected chi connectivity index (χ3v) is 2.52. The Morgan fingerprint density at radius 2 is 2.16 bits per heavy atom. The van der Waals surface area contributed by atoms with Gasteiger partial charge in [0, 0.05) is 13.1 Å². The van der Waals surface area contributed by atoms with Gasteiger partial charge in [-0.2, -0.15) is 0 Å². The molecule has 106 valence electrons. The SMILES string of the molecule is C/C=C/c1ccc(OCCNCC(C)O)c(OC)c1. The third-order valence-electron chi connectivity index (χ3n) is 2.52. The summed E-state index contributed by atoms with van der Waals surface area (Å²) in [4.78, 5) is 0. The molecule has 0 saturated heterocycles. The second-order valence-electron chi connectivity index (χ2n) is 4.31. The summed E-state index contributed by atoms with van der Waals surface area (Å²) < 4.78 is 11.0. The number of aliphatic hydroxyl groups excluding tert-OH is 1.